The van der Waals surface area contributed by atoms with Crippen LogP contribution < -0.4 is 10.0 Å². The monoisotopic (exact) mass is 440 g/mol. The first kappa shape index (κ1) is 24.3. The maximum atomic E-state index is 12.9. The fraction of sp³-hybridized carbons (Fsp3) is 0.619. The molecule has 1 fully saturated rings. The fourth-order valence-electron chi connectivity index (χ4n) is 2.92. The van der Waals surface area contributed by atoms with Gasteiger partial charge in [0.15, 0.2) is 0 Å². The molecule has 0 spiro atoms. The van der Waals surface area contributed by atoms with Gasteiger partial charge in [-0.2, -0.15) is 4.72 Å². The second kappa shape index (κ2) is 9.89. The van der Waals surface area contributed by atoms with Crippen molar-refractivity contribution in [3.63, 3.8) is 0 Å². The van der Waals surface area contributed by atoms with E-state index in [1.165, 1.54) is 12.1 Å². The van der Waals surface area contributed by atoms with Crippen molar-refractivity contribution in [1.29, 1.82) is 0 Å². The van der Waals surface area contributed by atoms with E-state index in [0.717, 1.165) is 0 Å². The second-order valence-corrected chi connectivity index (χ2v) is 10.6. The molecule has 3 atom stereocenters. The molecule has 8 nitrogen and oxygen atoms in total. The Bertz CT molecular complexity index is 833. The minimum absolute atomic E-state index is 0.0774. The Morgan fingerprint density at radius 1 is 1.20 bits per heavy atom. The Balaban J connectivity index is 2.10. The van der Waals surface area contributed by atoms with Crippen molar-refractivity contribution >= 4 is 21.9 Å². The summed E-state index contributed by atoms with van der Waals surface area (Å²) in [5.41, 5.74) is -0.702. The van der Waals surface area contributed by atoms with Crippen LogP contribution in [-0.2, 0) is 29.1 Å². The van der Waals surface area contributed by atoms with Gasteiger partial charge in [0.05, 0.1) is 23.0 Å². The van der Waals surface area contributed by atoms with Crippen LogP contribution in [0.3, 0.4) is 0 Å². The number of nitrogens with one attached hydrogen (secondary N) is 2. The van der Waals surface area contributed by atoms with E-state index in [1.54, 1.807) is 39.0 Å². The molecule has 1 aliphatic rings. The first-order valence-corrected chi connectivity index (χ1v) is 11.6. The van der Waals surface area contributed by atoms with E-state index < -0.39 is 45.7 Å². The lowest BCUT2D eigenvalue weighted by molar-refractivity contribution is -0.182. The van der Waals surface area contributed by atoms with Gasteiger partial charge in [0.1, 0.15) is 6.04 Å². The molecule has 0 aliphatic carbocycles. The van der Waals surface area contributed by atoms with E-state index in [2.05, 4.69) is 10.0 Å². The Labute approximate surface area is 178 Å². The molecule has 1 aromatic carbocycles. The summed E-state index contributed by atoms with van der Waals surface area (Å²) < 4.78 is 38.8. The molecule has 0 bridgehead atoms. The van der Waals surface area contributed by atoms with Crippen LogP contribution in [0.2, 0.25) is 0 Å². The molecule has 0 aromatic heterocycles. The molecule has 1 heterocycles. The number of ether oxygens (including phenoxy) is 2. The van der Waals surface area contributed by atoms with Crippen molar-refractivity contribution in [2.75, 3.05) is 6.61 Å². The third kappa shape index (κ3) is 6.78. The summed E-state index contributed by atoms with van der Waals surface area (Å²) in [6.45, 7) is 9.34. The number of hydrogen-bond acceptors (Lipinski definition) is 6. The standard InChI is InChI=1S/C21H32N2O6S/c1-14(2)13-17(23-30(26,27)15-9-7-6-8-10-15)18(24)22-16-11-12-28-19(16)29-20(25)21(3,4)5/h6-10,14,16-17,19,23H,11-13H2,1-5H3,(H,22,24)/t16-,17?,19-/m0/s1. The van der Waals surface area contributed by atoms with E-state index in [4.69, 9.17) is 9.47 Å². The number of sulfonamides is 1. The second-order valence-electron chi connectivity index (χ2n) is 8.91. The van der Waals surface area contributed by atoms with Gasteiger partial charge in [-0.15, -0.1) is 0 Å². The first-order chi connectivity index (χ1) is 13.9. The highest BCUT2D eigenvalue weighted by Gasteiger charge is 2.37. The highest BCUT2D eigenvalue weighted by atomic mass is 32.2. The van der Waals surface area contributed by atoms with Gasteiger partial charge in [0.2, 0.25) is 22.2 Å². The highest BCUT2D eigenvalue weighted by molar-refractivity contribution is 7.89. The summed E-state index contributed by atoms with van der Waals surface area (Å²) in [6.07, 6.45) is -0.114. The Kier molecular flexibility index (Phi) is 8.01. The zero-order chi connectivity index (χ0) is 22.5. The van der Waals surface area contributed by atoms with Gasteiger partial charge in [-0.1, -0.05) is 32.0 Å². The molecule has 1 aliphatic heterocycles. The average molecular weight is 441 g/mol. The van der Waals surface area contributed by atoms with Crippen LogP contribution in [0.1, 0.15) is 47.5 Å². The van der Waals surface area contributed by atoms with Crippen molar-refractivity contribution in [2.45, 2.75) is 70.7 Å². The number of benzene rings is 1. The summed E-state index contributed by atoms with van der Waals surface area (Å²) in [5, 5.41) is 2.80. The molecular weight excluding hydrogens is 408 g/mol. The largest absolute Gasteiger partial charge is 0.433 e. The van der Waals surface area contributed by atoms with Gasteiger partial charge >= 0.3 is 5.97 Å². The van der Waals surface area contributed by atoms with Crippen LogP contribution >= 0.6 is 0 Å². The Hall–Kier alpha value is -1.97. The number of esters is 1. The summed E-state index contributed by atoms with van der Waals surface area (Å²) in [4.78, 5) is 25.2. The molecule has 2 N–H and O–H groups in total. The van der Waals surface area contributed by atoms with Crippen LogP contribution in [0, 0.1) is 11.3 Å². The smallest absolute Gasteiger partial charge is 0.313 e. The lowest BCUT2D eigenvalue weighted by Crippen LogP contribution is -2.52. The van der Waals surface area contributed by atoms with Gasteiger partial charge in [-0.05, 0) is 51.7 Å². The molecule has 1 unspecified atom stereocenters. The summed E-state index contributed by atoms with van der Waals surface area (Å²) in [6, 6.07) is 6.40. The van der Waals surface area contributed by atoms with E-state index in [-0.39, 0.29) is 10.8 Å². The quantitative estimate of drug-likeness (QED) is 0.600. The topological polar surface area (TPSA) is 111 Å². The van der Waals surface area contributed by atoms with Crippen LogP contribution in [0.15, 0.2) is 35.2 Å². The molecule has 0 radical (unpaired) electrons. The van der Waals surface area contributed by atoms with E-state index in [1.807, 2.05) is 13.8 Å². The summed E-state index contributed by atoms with van der Waals surface area (Å²) >= 11 is 0. The number of carbonyl (C=O) groups excluding carboxylic acids is 2. The minimum Gasteiger partial charge on any atom is -0.433 e. The van der Waals surface area contributed by atoms with Crippen molar-refractivity contribution in [3.05, 3.63) is 30.3 Å². The zero-order valence-electron chi connectivity index (χ0n) is 18.2. The van der Waals surface area contributed by atoms with Gasteiger partial charge in [-0.3, -0.25) is 9.59 Å². The van der Waals surface area contributed by atoms with E-state index in [9.17, 15) is 18.0 Å². The van der Waals surface area contributed by atoms with Gasteiger partial charge in [0.25, 0.3) is 0 Å². The SMILES string of the molecule is CC(C)CC(NS(=O)(=O)c1ccccc1)C(=O)N[C@H]1CCO[C@H]1OC(=O)C(C)(C)C. The lowest BCUT2D eigenvalue weighted by Gasteiger charge is -2.26. The molecule has 1 saturated heterocycles. The third-order valence-corrected chi connectivity index (χ3v) is 6.06. The van der Waals surface area contributed by atoms with E-state index >= 15 is 0 Å². The van der Waals surface area contributed by atoms with E-state index in [0.29, 0.717) is 19.4 Å². The molecular formula is C21H32N2O6S. The molecule has 168 valence electrons. The lowest BCUT2D eigenvalue weighted by atomic mass is 9.97. The normalized spacial score (nSPS) is 20.7. The molecule has 9 heteroatoms. The maximum Gasteiger partial charge on any atom is 0.313 e. The molecule has 1 amide bonds. The predicted octanol–water partition coefficient (Wildman–Crippen LogP) is 2.20. The van der Waals surface area contributed by atoms with Gasteiger partial charge in [-0.25, -0.2) is 8.42 Å². The molecule has 2 rings (SSSR count). The van der Waals surface area contributed by atoms with Crippen LogP contribution in [-0.4, -0.2) is 45.3 Å². The third-order valence-electron chi connectivity index (χ3n) is 4.58. The van der Waals surface area contributed by atoms with Gasteiger partial charge in [0, 0.05) is 0 Å². The highest BCUT2D eigenvalue weighted by Crippen LogP contribution is 2.22. The van der Waals surface area contributed by atoms with Crippen molar-refractivity contribution in [1.82, 2.24) is 10.0 Å². The van der Waals surface area contributed by atoms with Crippen molar-refractivity contribution in [3.8, 4) is 0 Å². The maximum absolute atomic E-state index is 12.9. The van der Waals surface area contributed by atoms with Crippen molar-refractivity contribution in [2.24, 2.45) is 11.3 Å². The van der Waals surface area contributed by atoms with Crippen molar-refractivity contribution < 1.29 is 27.5 Å². The number of amides is 1. The number of carbonyl (C=O) groups is 2. The summed E-state index contributed by atoms with van der Waals surface area (Å²) in [7, 11) is -3.86. The molecule has 1 aromatic rings. The van der Waals surface area contributed by atoms with Crippen LogP contribution in [0.4, 0.5) is 0 Å². The van der Waals surface area contributed by atoms with Gasteiger partial charge < -0.3 is 14.8 Å². The number of rotatable bonds is 8. The summed E-state index contributed by atoms with van der Waals surface area (Å²) in [5.74, 6) is -0.832. The molecule has 30 heavy (non-hydrogen) atoms. The fourth-order valence-corrected chi connectivity index (χ4v) is 4.15. The number of hydrogen-bond donors (Lipinski definition) is 2. The molecule has 0 saturated carbocycles. The van der Waals surface area contributed by atoms with Crippen LogP contribution in [0.5, 0.6) is 0 Å². The average Bonchev–Trinajstić information content (AvgIpc) is 3.07. The zero-order valence-corrected chi connectivity index (χ0v) is 19.0. The first-order valence-electron chi connectivity index (χ1n) is 10.1. The van der Waals surface area contributed by atoms with Crippen LogP contribution in [0.25, 0.3) is 0 Å². The minimum atomic E-state index is -3.86. The Morgan fingerprint density at radius 2 is 1.83 bits per heavy atom. The Morgan fingerprint density at radius 3 is 2.40 bits per heavy atom. The predicted molar refractivity (Wildman–Crippen MR) is 112 cm³/mol.